The van der Waals surface area contributed by atoms with Crippen molar-refractivity contribution in [2.75, 3.05) is 13.2 Å². The molecule has 3 aromatic rings. The van der Waals surface area contributed by atoms with Crippen LogP contribution >= 0.6 is 11.6 Å². The van der Waals surface area contributed by atoms with Gasteiger partial charge in [0.05, 0.1) is 12.1 Å². The van der Waals surface area contributed by atoms with Gasteiger partial charge in [-0.05, 0) is 60.2 Å². The first-order chi connectivity index (χ1) is 16.8. The second-order valence-corrected chi connectivity index (χ2v) is 9.08. The van der Waals surface area contributed by atoms with E-state index in [1.165, 1.54) is 18.2 Å². The van der Waals surface area contributed by atoms with Crippen molar-refractivity contribution < 1.29 is 32.2 Å². The summed E-state index contributed by atoms with van der Waals surface area (Å²) >= 11 is 6.02. The Hall–Kier alpha value is -2.95. The Bertz CT molecular complexity index is 1230. The smallest absolute Gasteiger partial charge is 0.314 e. The standard InChI is InChI=1S/C24H21ClF3N3O4/c25-16-7-15(8-17(26)10-16)20(32)19(12-3-5-34-6-4-12)31-11-14-2-1-13(9-18(14)24(31)33)22-29-30-23(35-22)21(27)28/h1-2,7-10,12,19-21,32H,3-6,11H2. The van der Waals surface area contributed by atoms with E-state index in [0.717, 1.165) is 6.07 Å². The topological polar surface area (TPSA) is 88.7 Å². The number of alkyl halides is 2. The molecule has 2 atom stereocenters. The second kappa shape index (κ2) is 9.60. The van der Waals surface area contributed by atoms with Gasteiger partial charge in [-0.2, -0.15) is 8.78 Å². The number of nitrogens with zero attached hydrogens (tertiary/aromatic N) is 3. The number of amides is 1. The predicted octanol–water partition coefficient (Wildman–Crippen LogP) is 4.95. The van der Waals surface area contributed by atoms with Crippen LogP contribution in [0.5, 0.6) is 0 Å². The number of benzene rings is 2. The van der Waals surface area contributed by atoms with Crippen molar-refractivity contribution in [2.45, 2.75) is 38.0 Å². The summed E-state index contributed by atoms with van der Waals surface area (Å²) in [6.45, 7) is 1.20. The molecule has 0 aliphatic carbocycles. The van der Waals surface area contributed by atoms with Gasteiger partial charge in [-0.15, -0.1) is 10.2 Å². The minimum atomic E-state index is -2.90. The molecular formula is C24H21ClF3N3O4. The zero-order chi connectivity index (χ0) is 24.7. The monoisotopic (exact) mass is 507 g/mol. The third kappa shape index (κ3) is 4.65. The highest BCUT2D eigenvalue weighted by Gasteiger charge is 2.42. The normalized spacial score (nSPS) is 18.2. The van der Waals surface area contributed by atoms with Crippen LogP contribution in [0.4, 0.5) is 13.2 Å². The van der Waals surface area contributed by atoms with E-state index in [-0.39, 0.29) is 34.8 Å². The molecule has 1 N–H and O–H groups in total. The number of hydrogen-bond donors (Lipinski definition) is 1. The number of aliphatic hydroxyl groups excluding tert-OH is 1. The van der Waals surface area contributed by atoms with Crippen molar-refractivity contribution in [3.05, 3.63) is 69.8 Å². The third-order valence-electron chi connectivity index (χ3n) is 6.47. The van der Waals surface area contributed by atoms with Crippen LogP contribution in [0.15, 0.2) is 40.8 Å². The van der Waals surface area contributed by atoms with Gasteiger partial charge in [0.2, 0.25) is 5.89 Å². The molecule has 0 bridgehead atoms. The zero-order valence-electron chi connectivity index (χ0n) is 18.3. The third-order valence-corrected chi connectivity index (χ3v) is 6.69. The fourth-order valence-corrected chi connectivity index (χ4v) is 5.05. The first kappa shape index (κ1) is 23.8. The van der Waals surface area contributed by atoms with Crippen LogP contribution in [0.3, 0.4) is 0 Å². The lowest BCUT2D eigenvalue weighted by atomic mass is 9.84. The summed E-state index contributed by atoms with van der Waals surface area (Å²) in [4.78, 5) is 15.1. The van der Waals surface area contributed by atoms with Crippen LogP contribution in [0.25, 0.3) is 11.5 Å². The number of carbonyl (C=O) groups excluding carboxylic acids is 1. The van der Waals surface area contributed by atoms with Crippen molar-refractivity contribution >= 4 is 17.5 Å². The van der Waals surface area contributed by atoms with Crippen molar-refractivity contribution in [3.63, 3.8) is 0 Å². The van der Waals surface area contributed by atoms with Crippen molar-refractivity contribution in [1.82, 2.24) is 15.1 Å². The van der Waals surface area contributed by atoms with Gasteiger partial charge < -0.3 is 19.2 Å². The molecule has 1 saturated heterocycles. The van der Waals surface area contributed by atoms with E-state index in [1.807, 2.05) is 0 Å². The van der Waals surface area contributed by atoms with E-state index < -0.39 is 30.3 Å². The lowest BCUT2D eigenvalue weighted by Crippen LogP contribution is -2.46. The van der Waals surface area contributed by atoms with Crippen LogP contribution in [-0.4, -0.2) is 45.4 Å². The summed E-state index contributed by atoms with van der Waals surface area (Å²) < 4.78 is 50.2. The maximum Gasteiger partial charge on any atom is 0.314 e. The van der Waals surface area contributed by atoms with E-state index in [9.17, 15) is 23.1 Å². The van der Waals surface area contributed by atoms with Crippen molar-refractivity contribution in [3.8, 4) is 11.5 Å². The van der Waals surface area contributed by atoms with E-state index in [2.05, 4.69) is 10.2 Å². The molecule has 2 aliphatic rings. The van der Waals surface area contributed by atoms with Gasteiger partial charge in [-0.25, -0.2) is 4.39 Å². The molecule has 1 fully saturated rings. The Morgan fingerprint density at radius 2 is 1.89 bits per heavy atom. The molecule has 0 radical (unpaired) electrons. The predicted molar refractivity (Wildman–Crippen MR) is 118 cm³/mol. The molecule has 0 saturated carbocycles. The largest absolute Gasteiger partial charge is 0.415 e. The van der Waals surface area contributed by atoms with E-state index in [0.29, 0.717) is 42.7 Å². The highest BCUT2D eigenvalue weighted by atomic mass is 35.5. The average Bonchev–Trinajstić information content (AvgIpc) is 3.45. The Morgan fingerprint density at radius 3 is 2.57 bits per heavy atom. The number of ether oxygens (including phenoxy) is 1. The molecule has 35 heavy (non-hydrogen) atoms. The fraction of sp³-hybridized carbons (Fsp3) is 0.375. The molecule has 2 aromatic carbocycles. The molecule has 2 aliphatic heterocycles. The molecule has 5 rings (SSSR count). The van der Waals surface area contributed by atoms with Crippen molar-refractivity contribution in [2.24, 2.45) is 5.92 Å². The lowest BCUT2D eigenvalue weighted by Gasteiger charge is -2.39. The quantitative estimate of drug-likeness (QED) is 0.508. The Balaban J connectivity index is 1.48. The summed E-state index contributed by atoms with van der Waals surface area (Å²) in [6.07, 6.45) is -2.85. The lowest BCUT2D eigenvalue weighted by molar-refractivity contribution is -0.0214. The van der Waals surface area contributed by atoms with Gasteiger partial charge in [0.15, 0.2) is 0 Å². The molecule has 1 amide bonds. The van der Waals surface area contributed by atoms with E-state index in [1.54, 1.807) is 17.0 Å². The average molecular weight is 508 g/mol. The maximum atomic E-state index is 14.1. The summed E-state index contributed by atoms with van der Waals surface area (Å²) in [7, 11) is 0. The second-order valence-electron chi connectivity index (χ2n) is 8.64. The van der Waals surface area contributed by atoms with Crippen LogP contribution in [0, 0.1) is 11.7 Å². The van der Waals surface area contributed by atoms with Gasteiger partial charge in [-0.1, -0.05) is 17.7 Å². The molecule has 1 aromatic heterocycles. The minimum absolute atomic E-state index is 0.0944. The minimum Gasteiger partial charge on any atom is -0.415 e. The molecule has 184 valence electrons. The van der Waals surface area contributed by atoms with Gasteiger partial charge in [0.1, 0.15) is 5.82 Å². The number of hydrogen-bond acceptors (Lipinski definition) is 6. The van der Waals surface area contributed by atoms with Crippen LogP contribution in [-0.2, 0) is 11.3 Å². The summed E-state index contributed by atoms with van der Waals surface area (Å²) in [5, 5.41) is 18.5. The number of rotatable bonds is 6. The highest BCUT2D eigenvalue weighted by Crippen LogP contribution is 2.38. The summed E-state index contributed by atoms with van der Waals surface area (Å²) in [5.74, 6) is -1.94. The highest BCUT2D eigenvalue weighted by molar-refractivity contribution is 6.30. The molecule has 7 nitrogen and oxygen atoms in total. The van der Waals surface area contributed by atoms with Gasteiger partial charge >= 0.3 is 6.43 Å². The molecular weight excluding hydrogens is 487 g/mol. The van der Waals surface area contributed by atoms with Gasteiger partial charge in [-0.3, -0.25) is 4.79 Å². The van der Waals surface area contributed by atoms with Crippen LogP contribution < -0.4 is 0 Å². The Morgan fingerprint density at radius 1 is 1.11 bits per heavy atom. The number of halogens is 4. The number of aliphatic hydroxyl groups is 1. The van der Waals surface area contributed by atoms with Crippen molar-refractivity contribution in [1.29, 1.82) is 0 Å². The first-order valence-electron chi connectivity index (χ1n) is 11.1. The fourth-order valence-electron chi connectivity index (χ4n) is 4.82. The van der Waals surface area contributed by atoms with Gasteiger partial charge in [0.25, 0.3) is 11.8 Å². The van der Waals surface area contributed by atoms with E-state index in [4.69, 9.17) is 20.8 Å². The number of aromatic nitrogens is 2. The molecule has 11 heteroatoms. The van der Waals surface area contributed by atoms with Crippen LogP contribution in [0.2, 0.25) is 5.02 Å². The summed E-state index contributed by atoms with van der Waals surface area (Å²) in [6, 6.07) is 8.03. The summed E-state index contributed by atoms with van der Waals surface area (Å²) in [5.41, 5.74) is 1.66. The Kier molecular flexibility index (Phi) is 6.52. The maximum absolute atomic E-state index is 14.1. The zero-order valence-corrected chi connectivity index (χ0v) is 19.1. The number of fused-ring (bicyclic) bond motifs is 1. The molecule has 3 heterocycles. The molecule has 0 spiro atoms. The van der Waals surface area contributed by atoms with E-state index >= 15 is 0 Å². The molecule has 2 unspecified atom stereocenters. The number of carbonyl (C=O) groups is 1. The van der Waals surface area contributed by atoms with Crippen LogP contribution in [0.1, 0.15) is 52.7 Å². The first-order valence-corrected chi connectivity index (χ1v) is 11.5. The Labute approximate surface area is 203 Å². The SMILES string of the molecule is O=C1c2cc(-c3nnc(C(F)F)o3)ccc2CN1C(C1CCOCC1)C(O)c1cc(F)cc(Cl)c1. The van der Waals surface area contributed by atoms with Gasteiger partial charge in [0, 0.05) is 35.9 Å².